The highest BCUT2D eigenvalue weighted by molar-refractivity contribution is 7.90. The molecule has 1 aromatic heterocycles. The molecule has 0 saturated heterocycles. The van der Waals surface area contributed by atoms with E-state index in [1.54, 1.807) is 30.1 Å². The summed E-state index contributed by atoms with van der Waals surface area (Å²) in [6.07, 6.45) is 2.78. The maximum Gasteiger partial charge on any atom is 0.336 e. The molecule has 0 atom stereocenters. The molecular formula is C17H18N4O4S2. The second-order valence-corrected chi connectivity index (χ2v) is 8.28. The van der Waals surface area contributed by atoms with Crippen molar-refractivity contribution in [3.05, 3.63) is 42.6 Å². The van der Waals surface area contributed by atoms with E-state index < -0.39 is 15.9 Å². The number of thiol groups is 1. The molecule has 0 saturated carbocycles. The maximum absolute atomic E-state index is 12.7. The van der Waals surface area contributed by atoms with Crippen molar-refractivity contribution >= 4 is 51.0 Å². The lowest BCUT2D eigenvalue weighted by molar-refractivity contribution is 0.260. The summed E-state index contributed by atoms with van der Waals surface area (Å²) in [5.41, 5.74) is 1.51. The Morgan fingerprint density at radius 3 is 2.70 bits per heavy atom. The Morgan fingerprint density at radius 1 is 1.30 bits per heavy atom. The Balaban J connectivity index is 1.97. The number of benzene rings is 2. The van der Waals surface area contributed by atoms with Gasteiger partial charge in [0.25, 0.3) is 0 Å². The van der Waals surface area contributed by atoms with Crippen LogP contribution in [-0.4, -0.2) is 37.6 Å². The number of nitrogens with zero attached hydrogens (tertiary/aromatic N) is 3. The first kappa shape index (κ1) is 19.1. The number of carbonyl (C=O) groups is 1. The summed E-state index contributed by atoms with van der Waals surface area (Å²) < 4.78 is 31.5. The van der Waals surface area contributed by atoms with Gasteiger partial charge in [0.15, 0.2) is 9.84 Å². The molecule has 0 spiro atoms. The summed E-state index contributed by atoms with van der Waals surface area (Å²) in [5.74, 6) is 0.311. The minimum absolute atomic E-state index is 0.0545. The molecule has 8 nitrogen and oxygen atoms in total. The van der Waals surface area contributed by atoms with Crippen LogP contribution in [0.15, 0.2) is 47.5 Å². The number of nitrogens with one attached hydrogen (secondary N) is 1. The summed E-state index contributed by atoms with van der Waals surface area (Å²) >= 11 is 4.24. The second-order valence-electron chi connectivity index (χ2n) is 5.86. The van der Waals surface area contributed by atoms with Crippen LogP contribution in [0, 0.1) is 0 Å². The summed E-state index contributed by atoms with van der Waals surface area (Å²) in [5, 5.41) is 7.82. The minimum Gasteiger partial charge on any atom is -0.495 e. The molecule has 3 aromatic rings. The van der Waals surface area contributed by atoms with E-state index in [0.29, 0.717) is 11.4 Å². The number of amides is 2. The molecule has 0 unspecified atom stereocenters. The lowest BCUT2D eigenvalue weighted by Gasteiger charge is -2.20. The summed E-state index contributed by atoms with van der Waals surface area (Å²) in [6, 6.07) is 9.08. The molecule has 0 aliphatic carbocycles. The third kappa shape index (κ3) is 3.71. The van der Waals surface area contributed by atoms with Gasteiger partial charge < -0.3 is 10.1 Å². The van der Waals surface area contributed by atoms with Gasteiger partial charge in [0.05, 0.1) is 29.4 Å². The zero-order chi connectivity index (χ0) is 19.8. The van der Waals surface area contributed by atoms with E-state index in [4.69, 9.17) is 4.74 Å². The van der Waals surface area contributed by atoms with Gasteiger partial charge in [-0.2, -0.15) is 5.10 Å². The number of aryl methyl sites for hydroxylation is 1. The molecule has 2 amide bonds. The quantitative estimate of drug-likeness (QED) is 0.650. The predicted octanol–water partition coefficient (Wildman–Crippen LogP) is 2.87. The third-order valence-corrected chi connectivity index (χ3v) is 5.51. The first-order chi connectivity index (χ1) is 12.7. The highest BCUT2D eigenvalue weighted by Crippen LogP contribution is 2.33. The number of sulfone groups is 1. The average molecular weight is 406 g/mol. The normalized spacial score (nSPS) is 11.4. The highest BCUT2D eigenvalue weighted by atomic mass is 32.2. The SMILES string of the molecule is COc1ccc(S(C)(=O)=O)cc1N(S)C(=O)Nc1cccc2cnn(C)c12. The Kier molecular flexibility index (Phi) is 5.03. The smallest absolute Gasteiger partial charge is 0.336 e. The molecule has 0 fully saturated rings. The number of methoxy groups -OCH3 is 1. The van der Waals surface area contributed by atoms with Crippen LogP contribution in [-0.2, 0) is 16.9 Å². The van der Waals surface area contributed by atoms with Crippen LogP contribution in [0.3, 0.4) is 0 Å². The fourth-order valence-corrected chi connectivity index (χ4v) is 3.52. The van der Waals surface area contributed by atoms with Gasteiger partial charge in [-0.05, 0) is 24.3 Å². The van der Waals surface area contributed by atoms with E-state index in [1.807, 2.05) is 6.07 Å². The van der Waals surface area contributed by atoms with E-state index >= 15 is 0 Å². The Morgan fingerprint density at radius 2 is 2.04 bits per heavy atom. The molecular weight excluding hydrogens is 388 g/mol. The van der Waals surface area contributed by atoms with Crippen molar-refractivity contribution in [2.45, 2.75) is 4.90 Å². The number of ether oxygens (including phenoxy) is 1. The summed E-state index contributed by atoms with van der Waals surface area (Å²) in [4.78, 5) is 12.8. The summed E-state index contributed by atoms with van der Waals surface area (Å²) in [7, 11) is -0.256. The van der Waals surface area contributed by atoms with Crippen molar-refractivity contribution < 1.29 is 17.9 Å². The van der Waals surface area contributed by atoms with E-state index in [-0.39, 0.29) is 10.6 Å². The van der Waals surface area contributed by atoms with Crippen molar-refractivity contribution in [1.82, 2.24) is 9.78 Å². The molecule has 27 heavy (non-hydrogen) atoms. The van der Waals surface area contributed by atoms with Gasteiger partial charge in [0, 0.05) is 18.7 Å². The van der Waals surface area contributed by atoms with E-state index in [0.717, 1.165) is 21.5 Å². The molecule has 3 rings (SSSR count). The fourth-order valence-electron chi connectivity index (χ4n) is 2.68. The predicted molar refractivity (Wildman–Crippen MR) is 107 cm³/mol. The first-order valence-corrected chi connectivity index (χ1v) is 10.1. The van der Waals surface area contributed by atoms with Crippen LogP contribution >= 0.6 is 12.8 Å². The lowest BCUT2D eigenvalue weighted by atomic mass is 10.2. The number of anilines is 2. The summed E-state index contributed by atoms with van der Waals surface area (Å²) in [6.45, 7) is 0. The molecule has 142 valence electrons. The molecule has 0 aliphatic rings. The molecule has 0 radical (unpaired) electrons. The van der Waals surface area contributed by atoms with Crippen molar-refractivity contribution in [3.8, 4) is 5.75 Å². The largest absolute Gasteiger partial charge is 0.495 e. The number of carbonyl (C=O) groups excluding carboxylic acids is 1. The first-order valence-electron chi connectivity index (χ1n) is 7.81. The van der Waals surface area contributed by atoms with Crippen LogP contribution in [0.5, 0.6) is 5.75 Å². The molecule has 1 N–H and O–H groups in total. The van der Waals surface area contributed by atoms with Crippen molar-refractivity contribution in [2.75, 3.05) is 23.0 Å². The van der Waals surface area contributed by atoms with Crippen LogP contribution in [0.4, 0.5) is 16.2 Å². The average Bonchev–Trinajstić information content (AvgIpc) is 3.02. The van der Waals surface area contributed by atoms with Gasteiger partial charge in [-0.15, -0.1) is 0 Å². The van der Waals surface area contributed by atoms with Crippen LogP contribution < -0.4 is 14.4 Å². The maximum atomic E-state index is 12.7. The fraction of sp³-hybridized carbons (Fsp3) is 0.176. The third-order valence-electron chi connectivity index (χ3n) is 4.00. The van der Waals surface area contributed by atoms with Crippen molar-refractivity contribution in [3.63, 3.8) is 0 Å². The molecule has 2 aromatic carbocycles. The zero-order valence-corrected chi connectivity index (χ0v) is 16.6. The van der Waals surface area contributed by atoms with Gasteiger partial charge in [-0.1, -0.05) is 24.9 Å². The molecule has 0 aliphatic heterocycles. The molecule has 1 heterocycles. The number of hydrogen-bond donors (Lipinski definition) is 2. The standard InChI is InChI=1S/C17H18N4O4S2/c1-20-16-11(10-18-20)5-4-6-13(16)19-17(22)21(26)14-9-12(27(3,23)24)7-8-15(14)25-2/h4-10,26H,1-3H3,(H,19,22). The Hall–Kier alpha value is -2.72. The Labute approximate surface area is 162 Å². The van der Waals surface area contributed by atoms with Gasteiger partial charge in [-0.25, -0.2) is 17.5 Å². The van der Waals surface area contributed by atoms with Gasteiger partial charge in [-0.3, -0.25) is 4.68 Å². The van der Waals surface area contributed by atoms with Crippen molar-refractivity contribution in [2.24, 2.45) is 7.05 Å². The molecule has 10 heteroatoms. The van der Waals surface area contributed by atoms with Crippen LogP contribution in [0.2, 0.25) is 0 Å². The van der Waals surface area contributed by atoms with Crippen molar-refractivity contribution in [1.29, 1.82) is 0 Å². The van der Waals surface area contributed by atoms with Crippen LogP contribution in [0.1, 0.15) is 0 Å². The Bertz CT molecular complexity index is 1130. The topological polar surface area (TPSA) is 93.5 Å². The number of hydrogen-bond acceptors (Lipinski definition) is 6. The van der Waals surface area contributed by atoms with E-state index in [1.165, 1.54) is 25.3 Å². The zero-order valence-electron chi connectivity index (χ0n) is 14.9. The van der Waals surface area contributed by atoms with E-state index in [9.17, 15) is 13.2 Å². The van der Waals surface area contributed by atoms with Crippen LogP contribution in [0.25, 0.3) is 10.9 Å². The number of urea groups is 1. The minimum atomic E-state index is -3.45. The second kappa shape index (κ2) is 7.12. The monoisotopic (exact) mass is 406 g/mol. The highest BCUT2D eigenvalue weighted by Gasteiger charge is 2.20. The number of fused-ring (bicyclic) bond motifs is 1. The molecule has 0 bridgehead atoms. The number of para-hydroxylation sites is 1. The van der Waals surface area contributed by atoms with Gasteiger partial charge >= 0.3 is 6.03 Å². The number of aromatic nitrogens is 2. The van der Waals surface area contributed by atoms with E-state index in [2.05, 4.69) is 23.2 Å². The number of rotatable bonds is 4. The van der Waals surface area contributed by atoms with Gasteiger partial charge in [0.1, 0.15) is 11.4 Å². The lowest BCUT2D eigenvalue weighted by Crippen LogP contribution is -2.27. The van der Waals surface area contributed by atoms with Gasteiger partial charge in [0.2, 0.25) is 0 Å².